The van der Waals surface area contributed by atoms with Crippen LogP contribution in [0.4, 0.5) is 8.78 Å². The van der Waals surface area contributed by atoms with Crippen LogP contribution in [0, 0.1) is 17.0 Å². The molecule has 5 heteroatoms. The van der Waals surface area contributed by atoms with Crippen LogP contribution in [0.1, 0.15) is 52.7 Å². The molecule has 0 bridgehead atoms. The predicted octanol–water partition coefficient (Wildman–Crippen LogP) is 9.19. The van der Waals surface area contributed by atoms with E-state index in [0.29, 0.717) is 11.4 Å². The second kappa shape index (κ2) is 9.96. The third kappa shape index (κ3) is 5.73. The van der Waals surface area contributed by atoms with Gasteiger partial charge >= 0.3 is 0 Å². The van der Waals surface area contributed by atoms with Gasteiger partial charge in [-0.3, -0.25) is 0 Å². The van der Waals surface area contributed by atoms with E-state index in [9.17, 15) is 0 Å². The summed E-state index contributed by atoms with van der Waals surface area (Å²) in [7, 11) is 0. The number of nitrogens with zero attached hydrogens (tertiary/aromatic N) is 3. The van der Waals surface area contributed by atoms with Gasteiger partial charge in [-0.15, -0.1) is 0 Å². The first kappa shape index (κ1) is 26.6. The van der Waals surface area contributed by atoms with Gasteiger partial charge in [-0.05, 0) is 74.5 Å². The molecule has 0 spiro atoms. The van der Waals surface area contributed by atoms with E-state index in [0.717, 1.165) is 33.9 Å². The van der Waals surface area contributed by atoms with E-state index < -0.39 is 11.6 Å². The van der Waals surface area contributed by atoms with Crippen molar-refractivity contribution in [3.05, 3.63) is 102 Å². The van der Waals surface area contributed by atoms with Gasteiger partial charge in [0.05, 0.1) is 5.56 Å². The van der Waals surface area contributed by atoms with Crippen molar-refractivity contribution in [1.29, 1.82) is 0 Å². The lowest BCUT2D eigenvalue weighted by molar-refractivity contribution is 0.411. The van der Waals surface area contributed by atoms with Crippen LogP contribution in [0.2, 0.25) is 0 Å². The van der Waals surface area contributed by atoms with Crippen LogP contribution in [0.5, 0.6) is 0 Å². The SMILES string of the molecule is CC(C)(C)Cc1ccc(-c2cc(F)c(-c3ncnc(-c4cc(C(C)(C)C)c5ccccc5c4)n3)c(F)c2)cc1. The Morgan fingerprint density at radius 1 is 0.667 bits per heavy atom. The van der Waals surface area contributed by atoms with Crippen LogP contribution in [0.15, 0.2) is 79.1 Å². The number of fused-ring (bicyclic) bond motifs is 1. The largest absolute Gasteiger partial charge is 0.217 e. The second-order valence-corrected chi connectivity index (χ2v) is 12.4. The monoisotopic (exact) mass is 521 g/mol. The molecule has 0 radical (unpaired) electrons. The molecule has 0 amide bonds. The molecule has 0 fully saturated rings. The van der Waals surface area contributed by atoms with Crippen molar-refractivity contribution in [1.82, 2.24) is 15.0 Å². The summed E-state index contributed by atoms with van der Waals surface area (Å²) < 4.78 is 30.8. The van der Waals surface area contributed by atoms with Crippen molar-refractivity contribution in [3.63, 3.8) is 0 Å². The van der Waals surface area contributed by atoms with Crippen molar-refractivity contribution < 1.29 is 8.78 Å². The van der Waals surface area contributed by atoms with Gasteiger partial charge in [0.15, 0.2) is 11.6 Å². The first-order valence-corrected chi connectivity index (χ1v) is 13.2. The van der Waals surface area contributed by atoms with E-state index in [1.54, 1.807) is 0 Å². The highest BCUT2D eigenvalue weighted by atomic mass is 19.1. The van der Waals surface area contributed by atoms with E-state index in [1.807, 2.05) is 48.5 Å². The highest BCUT2D eigenvalue weighted by Gasteiger charge is 2.21. The van der Waals surface area contributed by atoms with Crippen molar-refractivity contribution in [2.24, 2.45) is 5.41 Å². The van der Waals surface area contributed by atoms with Gasteiger partial charge in [0.2, 0.25) is 0 Å². The van der Waals surface area contributed by atoms with Gasteiger partial charge in [-0.2, -0.15) is 0 Å². The molecule has 1 aromatic heterocycles. The average Bonchev–Trinajstić information content (AvgIpc) is 2.87. The van der Waals surface area contributed by atoms with Crippen LogP contribution in [-0.2, 0) is 11.8 Å². The molecule has 5 aromatic rings. The summed E-state index contributed by atoms with van der Waals surface area (Å²) in [5, 5.41) is 2.21. The van der Waals surface area contributed by atoms with Crippen LogP contribution in [0.25, 0.3) is 44.7 Å². The first-order valence-electron chi connectivity index (χ1n) is 13.2. The maximum atomic E-state index is 15.4. The standard InChI is InChI=1S/C34H33F2N3/c1-33(2,3)19-21-11-13-22(14-12-21)24-17-28(35)30(29(36)18-24)32-38-20-37-31(39-32)25-15-23-9-7-8-10-26(23)27(16-25)34(4,5)6/h7-18,20H,19H2,1-6H3. The molecule has 3 nitrogen and oxygen atoms in total. The van der Waals surface area contributed by atoms with Gasteiger partial charge in [0.25, 0.3) is 0 Å². The first-order chi connectivity index (χ1) is 18.4. The van der Waals surface area contributed by atoms with E-state index >= 15 is 8.78 Å². The zero-order chi connectivity index (χ0) is 27.9. The number of aromatic nitrogens is 3. The van der Waals surface area contributed by atoms with Crippen LogP contribution in [-0.4, -0.2) is 15.0 Å². The molecule has 0 saturated heterocycles. The van der Waals surface area contributed by atoms with E-state index in [4.69, 9.17) is 0 Å². The summed E-state index contributed by atoms with van der Waals surface area (Å²) in [4.78, 5) is 13.0. The van der Waals surface area contributed by atoms with Gasteiger partial charge in [-0.25, -0.2) is 23.7 Å². The molecule has 0 saturated carbocycles. The number of rotatable bonds is 4. The molecule has 0 aliphatic heterocycles. The Morgan fingerprint density at radius 2 is 1.31 bits per heavy atom. The molecule has 4 aromatic carbocycles. The highest BCUT2D eigenvalue weighted by Crippen LogP contribution is 2.35. The average molecular weight is 522 g/mol. The summed E-state index contributed by atoms with van der Waals surface area (Å²) in [6.45, 7) is 13.0. The summed E-state index contributed by atoms with van der Waals surface area (Å²) in [5.41, 5.74) is 4.10. The molecule has 0 aliphatic carbocycles. The van der Waals surface area contributed by atoms with Crippen LogP contribution < -0.4 is 0 Å². The fourth-order valence-electron chi connectivity index (χ4n) is 5.00. The smallest absolute Gasteiger partial charge is 0.169 e. The predicted molar refractivity (Wildman–Crippen MR) is 155 cm³/mol. The van der Waals surface area contributed by atoms with E-state index in [1.165, 1.54) is 24.0 Å². The quantitative estimate of drug-likeness (QED) is 0.237. The number of halogens is 2. The molecular formula is C34H33F2N3. The lowest BCUT2D eigenvalue weighted by Crippen LogP contribution is -2.12. The fraction of sp³-hybridized carbons (Fsp3) is 0.265. The molecule has 5 rings (SSSR count). The lowest BCUT2D eigenvalue weighted by atomic mass is 9.82. The molecule has 198 valence electrons. The van der Waals surface area contributed by atoms with Crippen LogP contribution >= 0.6 is 0 Å². The summed E-state index contributed by atoms with van der Waals surface area (Å²) in [5.74, 6) is -1.09. The molecule has 0 unspecified atom stereocenters. The topological polar surface area (TPSA) is 38.7 Å². The fourth-order valence-corrected chi connectivity index (χ4v) is 5.00. The Kier molecular flexibility index (Phi) is 6.79. The molecule has 39 heavy (non-hydrogen) atoms. The zero-order valence-electron chi connectivity index (χ0n) is 23.3. The number of hydrogen-bond donors (Lipinski definition) is 0. The van der Waals surface area contributed by atoms with Crippen molar-refractivity contribution in [2.75, 3.05) is 0 Å². The van der Waals surface area contributed by atoms with E-state index in [-0.39, 0.29) is 22.2 Å². The third-order valence-electron chi connectivity index (χ3n) is 6.79. The van der Waals surface area contributed by atoms with Crippen molar-refractivity contribution >= 4 is 10.8 Å². The Morgan fingerprint density at radius 3 is 1.95 bits per heavy atom. The minimum Gasteiger partial charge on any atom is -0.217 e. The number of benzene rings is 4. The van der Waals surface area contributed by atoms with Crippen LogP contribution in [0.3, 0.4) is 0 Å². The molecule has 0 N–H and O–H groups in total. The summed E-state index contributed by atoms with van der Waals surface area (Å²) in [6, 6.07) is 22.7. The summed E-state index contributed by atoms with van der Waals surface area (Å²) >= 11 is 0. The lowest BCUT2D eigenvalue weighted by Gasteiger charge is -2.22. The second-order valence-electron chi connectivity index (χ2n) is 12.4. The molecule has 0 aliphatic rings. The molecule has 1 heterocycles. The maximum absolute atomic E-state index is 15.4. The Labute approximate surface area is 229 Å². The normalized spacial score (nSPS) is 12.2. The van der Waals surface area contributed by atoms with Gasteiger partial charge < -0.3 is 0 Å². The number of hydrogen-bond acceptors (Lipinski definition) is 3. The van der Waals surface area contributed by atoms with E-state index in [2.05, 4.69) is 68.6 Å². The highest BCUT2D eigenvalue weighted by molar-refractivity contribution is 5.90. The molecular weight excluding hydrogens is 488 g/mol. The van der Waals surface area contributed by atoms with Crippen molar-refractivity contribution in [3.8, 4) is 33.9 Å². The summed E-state index contributed by atoms with van der Waals surface area (Å²) in [6.07, 6.45) is 2.23. The molecule has 0 atom stereocenters. The van der Waals surface area contributed by atoms with Gasteiger partial charge in [0.1, 0.15) is 18.0 Å². The Balaban J connectivity index is 1.53. The maximum Gasteiger partial charge on any atom is 0.169 e. The third-order valence-corrected chi connectivity index (χ3v) is 6.79. The van der Waals surface area contributed by atoms with Gasteiger partial charge in [0, 0.05) is 5.56 Å². The minimum atomic E-state index is -0.713. The minimum absolute atomic E-state index is 0.0347. The van der Waals surface area contributed by atoms with Gasteiger partial charge in [-0.1, -0.05) is 90.1 Å². The van der Waals surface area contributed by atoms with Crippen molar-refractivity contribution in [2.45, 2.75) is 53.4 Å². The Bertz CT molecular complexity index is 1640. The zero-order valence-corrected chi connectivity index (χ0v) is 23.3. The Hall–Kier alpha value is -3.99.